The van der Waals surface area contributed by atoms with Crippen LogP contribution < -0.4 is 0 Å². The van der Waals surface area contributed by atoms with Crippen molar-refractivity contribution in [3.63, 3.8) is 0 Å². The molecular weight excluding hydrogens is 170 g/mol. The third-order valence-corrected chi connectivity index (χ3v) is 2.26. The second kappa shape index (κ2) is 3.32. The van der Waals surface area contributed by atoms with E-state index in [2.05, 4.69) is 25.3 Å². The van der Waals surface area contributed by atoms with E-state index in [1.54, 1.807) is 0 Å². The van der Waals surface area contributed by atoms with E-state index in [1.165, 1.54) is 0 Å². The summed E-state index contributed by atoms with van der Waals surface area (Å²) in [5.41, 5.74) is 0. The Bertz CT molecular complexity index is 120. The van der Waals surface area contributed by atoms with Crippen LogP contribution >= 0.6 is 25.3 Å². The zero-order valence-electron chi connectivity index (χ0n) is 5.53. The van der Waals surface area contributed by atoms with E-state index in [0.717, 1.165) is 6.54 Å². The summed E-state index contributed by atoms with van der Waals surface area (Å²) in [6.45, 7) is 2.10. The number of ether oxygens (including phenoxy) is 1. The summed E-state index contributed by atoms with van der Waals surface area (Å²) < 4.78 is 4.37. The molecular formula is C5H11NO2S2. The third-order valence-electron chi connectivity index (χ3n) is 1.44. The highest BCUT2D eigenvalue weighted by atomic mass is 32.2. The highest BCUT2D eigenvalue weighted by molar-refractivity contribution is 8.00. The van der Waals surface area contributed by atoms with Gasteiger partial charge >= 0.3 is 0 Å². The van der Waals surface area contributed by atoms with E-state index in [-0.39, 0.29) is 6.61 Å². The zero-order valence-corrected chi connectivity index (χ0v) is 7.31. The maximum Gasteiger partial charge on any atom is 0.213 e. The lowest BCUT2D eigenvalue weighted by Gasteiger charge is -2.26. The number of rotatable bonds is 2. The van der Waals surface area contributed by atoms with Gasteiger partial charge < -0.3 is 9.84 Å². The van der Waals surface area contributed by atoms with Crippen molar-refractivity contribution in [1.82, 2.24) is 4.90 Å². The molecule has 0 bridgehead atoms. The van der Waals surface area contributed by atoms with Crippen molar-refractivity contribution in [2.24, 2.45) is 0 Å². The monoisotopic (exact) mass is 181 g/mol. The fourth-order valence-corrected chi connectivity index (χ4v) is 1.49. The minimum atomic E-state index is -0.775. The zero-order chi connectivity index (χ0) is 7.61. The van der Waals surface area contributed by atoms with Crippen LogP contribution in [0.25, 0.3) is 0 Å². The average Bonchev–Trinajstić information content (AvgIpc) is 2.13. The molecule has 0 aromatic carbocycles. The molecule has 1 N–H and O–H groups in total. The predicted molar refractivity (Wildman–Crippen MR) is 45.3 cm³/mol. The molecule has 1 saturated heterocycles. The van der Waals surface area contributed by atoms with Gasteiger partial charge in [0.2, 0.25) is 4.39 Å². The smallest absolute Gasteiger partial charge is 0.213 e. The SMILES string of the molecule is OCCN1CCOC1(S)S. The summed E-state index contributed by atoms with van der Waals surface area (Å²) >= 11 is 8.27. The summed E-state index contributed by atoms with van der Waals surface area (Å²) in [6.07, 6.45) is 0. The lowest BCUT2D eigenvalue weighted by atomic mass is 10.5. The van der Waals surface area contributed by atoms with Gasteiger partial charge in [0.05, 0.1) is 13.2 Å². The molecule has 60 valence electrons. The first-order valence-corrected chi connectivity index (χ1v) is 4.01. The number of aliphatic hydroxyl groups is 1. The Balaban J connectivity index is 2.43. The molecule has 0 radical (unpaired) electrons. The van der Waals surface area contributed by atoms with E-state index in [9.17, 15) is 0 Å². The number of hydrogen-bond acceptors (Lipinski definition) is 5. The normalized spacial score (nSPS) is 25.5. The highest BCUT2D eigenvalue weighted by Crippen LogP contribution is 2.30. The maximum absolute atomic E-state index is 8.59. The molecule has 3 nitrogen and oxygen atoms in total. The molecule has 1 aliphatic heterocycles. The van der Waals surface area contributed by atoms with Crippen LogP contribution in [0.5, 0.6) is 0 Å². The highest BCUT2D eigenvalue weighted by Gasteiger charge is 2.34. The molecule has 5 heteroatoms. The summed E-state index contributed by atoms with van der Waals surface area (Å²) in [5, 5.41) is 8.59. The molecule has 10 heavy (non-hydrogen) atoms. The van der Waals surface area contributed by atoms with Crippen molar-refractivity contribution >= 4 is 25.3 Å². The van der Waals surface area contributed by atoms with Crippen LogP contribution in [0.15, 0.2) is 0 Å². The molecule has 0 spiro atoms. The fourth-order valence-electron chi connectivity index (χ4n) is 0.908. The number of aliphatic hydroxyl groups excluding tert-OH is 1. The molecule has 0 unspecified atom stereocenters. The van der Waals surface area contributed by atoms with Crippen molar-refractivity contribution in [2.75, 3.05) is 26.3 Å². The number of β-amino-alcohol motifs (C(OH)–C–C–N with tert-alkyl or cyclic N) is 1. The van der Waals surface area contributed by atoms with Gasteiger partial charge in [0.15, 0.2) is 0 Å². The number of thiol groups is 2. The van der Waals surface area contributed by atoms with E-state index < -0.39 is 4.39 Å². The second-order valence-electron chi connectivity index (χ2n) is 2.13. The lowest BCUT2D eigenvalue weighted by molar-refractivity contribution is 0.0718. The van der Waals surface area contributed by atoms with Crippen LogP contribution in [0, 0.1) is 0 Å². The van der Waals surface area contributed by atoms with Gasteiger partial charge in [-0.15, -0.1) is 25.3 Å². The molecule has 1 aliphatic rings. The van der Waals surface area contributed by atoms with Crippen LogP contribution in [0.3, 0.4) is 0 Å². The Morgan fingerprint density at radius 3 is 2.70 bits per heavy atom. The molecule has 0 aliphatic carbocycles. The Hall–Kier alpha value is 0.580. The minimum absolute atomic E-state index is 0.117. The van der Waals surface area contributed by atoms with Crippen molar-refractivity contribution < 1.29 is 9.84 Å². The molecule has 0 amide bonds. The van der Waals surface area contributed by atoms with Crippen LogP contribution in [0.2, 0.25) is 0 Å². The molecule has 1 fully saturated rings. The van der Waals surface area contributed by atoms with Crippen molar-refractivity contribution in [3.05, 3.63) is 0 Å². The van der Waals surface area contributed by atoms with E-state index in [0.29, 0.717) is 13.2 Å². The first-order valence-electron chi connectivity index (χ1n) is 3.11. The van der Waals surface area contributed by atoms with Crippen molar-refractivity contribution in [2.45, 2.75) is 4.39 Å². The van der Waals surface area contributed by atoms with Gasteiger partial charge in [0.25, 0.3) is 0 Å². The van der Waals surface area contributed by atoms with Crippen LogP contribution in [-0.4, -0.2) is 40.7 Å². The van der Waals surface area contributed by atoms with Crippen LogP contribution in [0.4, 0.5) is 0 Å². The molecule has 0 aromatic rings. The molecule has 0 atom stereocenters. The minimum Gasteiger partial charge on any atom is -0.395 e. The first-order chi connectivity index (χ1) is 4.67. The first kappa shape index (κ1) is 8.67. The summed E-state index contributed by atoms with van der Waals surface area (Å²) in [6, 6.07) is 0. The van der Waals surface area contributed by atoms with E-state index >= 15 is 0 Å². The van der Waals surface area contributed by atoms with Gasteiger partial charge in [0, 0.05) is 13.1 Å². The Kier molecular flexibility index (Phi) is 2.88. The Morgan fingerprint density at radius 1 is 1.60 bits per heavy atom. The number of hydrogen-bond donors (Lipinski definition) is 3. The van der Waals surface area contributed by atoms with E-state index in [4.69, 9.17) is 9.84 Å². The van der Waals surface area contributed by atoms with Crippen LogP contribution in [-0.2, 0) is 4.74 Å². The predicted octanol–water partition coefficient (Wildman–Crippen LogP) is -0.218. The van der Waals surface area contributed by atoms with Gasteiger partial charge in [-0.2, -0.15) is 0 Å². The fraction of sp³-hybridized carbons (Fsp3) is 1.00. The quantitative estimate of drug-likeness (QED) is 0.407. The molecule has 1 heterocycles. The molecule has 0 aromatic heterocycles. The molecule has 1 rings (SSSR count). The van der Waals surface area contributed by atoms with Crippen LogP contribution in [0.1, 0.15) is 0 Å². The summed E-state index contributed by atoms with van der Waals surface area (Å²) in [7, 11) is 0. The standard InChI is InChI=1S/C5H11NO2S2/c7-3-1-6-2-4-8-5(6,9)10/h7,9-10H,1-4H2. The van der Waals surface area contributed by atoms with E-state index in [1.807, 2.05) is 4.90 Å². The second-order valence-corrected chi connectivity index (χ2v) is 3.70. The Morgan fingerprint density at radius 2 is 2.30 bits per heavy atom. The number of nitrogens with zero attached hydrogens (tertiary/aromatic N) is 1. The Labute approximate surface area is 71.2 Å². The van der Waals surface area contributed by atoms with Gasteiger partial charge in [-0.3, -0.25) is 4.90 Å². The maximum atomic E-state index is 8.59. The van der Waals surface area contributed by atoms with Gasteiger partial charge in [0.1, 0.15) is 0 Å². The topological polar surface area (TPSA) is 32.7 Å². The lowest BCUT2D eigenvalue weighted by Crippen LogP contribution is -2.36. The summed E-state index contributed by atoms with van der Waals surface area (Å²) in [5.74, 6) is 0. The van der Waals surface area contributed by atoms with Gasteiger partial charge in [-0.25, -0.2) is 0 Å². The van der Waals surface area contributed by atoms with Gasteiger partial charge in [-0.1, -0.05) is 0 Å². The van der Waals surface area contributed by atoms with Crippen molar-refractivity contribution in [1.29, 1.82) is 0 Å². The average molecular weight is 181 g/mol. The largest absolute Gasteiger partial charge is 0.395 e. The summed E-state index contributed by atoms with van der Waals surface area (Å²) in [4.78, 5) is 1.86. The molecule has 0 saturated carbocycles. The van der Waals surface area contributed by atoms with Gasteiger partial charge in [-0.05, 0) is 0 Å². The third kappa shape index (κ3) is 1.79. The van der Waals surface area contributed by atoms with Crippen molar-refractivity contribution in [3.8, 4) is 0 Å².